The molecule has 0 aliphatic carbocycles. The summed E-state index contributed by atoms with van der Waals surface area (Å²) >= 11 is 12.0. The van der Waals surface area contributed by atoms with Crippen molar-refractivity contribution in [2.24, 2.45) is 0 Å². The van der Waals surface area contributed by atoms with E-state index in [-0.39, 0.29) is 28.6 Å². The zero-order valence-electron chi connectivity index (χ0n) is 16.1. The number of aromatic nitrogens is 2. The van der Waals surface area contributed by atoms with Crippen molar-refractivity contribution < 1.29 is 14.3 Å². The molecule has 0 radical (unpaired) electrons. The maximum atomic E-state index is 12.7. The second-order valence-corrected chi connectivity index (χ2v) is 7.13. The summed E-state index contributed by atoms with van der Waals surface area (Å²) in [5, 5.41) is 7.11. The Balaban J connectivity index is 2.07. The van der Waals surface area contributed by atoms with Crippen molar-refractivity contribution in [3.63, 3.8) is 0 Å². The minimum Gasteiger partial charge on any atom is -0.461 e. The lowest BCUT2D eigenvalue weighted by Crippen LogP contribution is -2.27. The van der Waals surface area contributed by atoms with Crippen molar-refractivity contribution in [2.45, 2.75) is 13.8 Å². The fraction of sp³-hybridized carbons (Fsp3) is 0.143. The second-order valence-electron chi connectivity index (χ2n) is 6.29. The van der Waals surface area contributed by atoms with Crippen molar-refractivity contribution in [3.8, 4) is 5.69 Å². The average molecular weight is 446 g/mol. The molecule has 0 spiro atoms. The highest BCUT2D eigenvalue weighted by Gasteiger charge is 2.21. The number of carbonyl (C=O) groups excluding carboxylic acids is 2. The number of halogens is 2. The number of benzene rings is 2. The van der Waals surface area contributed by atoms with E-state index in [0.717, 1.165) is 16.3 Å². The number of anilines is 1. The number of aryl methyl sites for hydroxylation is 1. The van der Waals surface area contributed by atoms with Crippen molar-refractivity contribution in [1.82, 2.24) is 9.78 Å². The summed E-state index contributed by atoms with van der Waals surface area (Å²) in [7, 11) is 0. The van der Waals surface area contributed by atoms with E-state index in [1.165, 1.54) is 18.2 Å². The first-order valence-electron chi connectivity index (χ1n) is 8.95. The quantitative estimate of drug-likeness (QED) is 0.591. The number of ether oxygens (including phenoxy) is 1. The van der Waals surface area contributed by atoms with E-state index >= 15 is 0 Å². The summed E-state index contributed by atoms with van der Waals surface area (Å²) in [5.74, 6) is -1.44. The Morgan fingerprint density at radius 2 is 1.80 bits per heavy atom. The summed E-state index contributed by atoms with van der Waals surface area (Å²) in [6.07, 6.45) is 0. The average Bonchev–Trinajstić information content (AvgIpc) is 2.71. The number of nitrogens with zero attached hydrogens (tertiary/aromatic N) is 2. The van der Waals surface area contributed by atoms with Crippen LogP contribution in [-0.2, 0) is 4.74 Å². The summed E-state index contributed by atoms with van der Waals surface area (Å²) in [4.78, 5) is 37.8. The summed E-state index contributed by atoms with van der Waals surface area (Å²) in [5.41, 5.74) is 0.694. The molecule has 0 aliphatic heterocycles. The van der Waals surface area contributed by atoms with Crippen molar-refractivity contribution in [3.05, 3.63) is 85.8 Å². The number of amides is 1. The van der Waals surface area contributed by atoms with Crippen LogP contribution in [0.4, 0.5) is 5.69 Å². The standard InChI is InChI=1S/C21H17Cl2N3O4/c1-3-30-21(29)19-17(24-20(28)15-10-13(22)6-9-16(15)23)11-18(27)26(25-19)14-7-4-12(2)5-8-14/h4-11H,3H2,1-2H3,(H,24,28). The molecule has 0 saturated carbocycles. The molecule has 0 unspecified atom stereocenters. The first kappa shape index (κ1) is 21.5. The van der Waals surface area contributed by atoms with Crippen LogP contribution in [0.1, 0.15) is 33.3 Å². The SMILES string of the molecule is CCOC(=O)c1nn(-c2ccc(C)cc2)c(=O)cc1NC(=O)c1cc(Cl)ccc1Cl. The molecule has 0 bridgehead atoms. The molecule has 1 amide bonds. The second kappa shape index (κ2) is 9.11. The highest BCUT2D eigenvalue weighted by atomic mass is 35.5. The molecule has 1 aromatic heterocycles. The molecule has 3 rings (SSSR count). The van der Waals surface area contributed by atoms with E-state index < -0.39 is 17.4 Å². The Bertz CT molecular complexity index is 1170. The fourth-order valence-corrected chi connectivity index (χ4v) is 3.01. The Labute approximate surface area is 182 Å². The minimum atomic E-state index is -0.786. The van der Waals surface area contributed by atoms with Crippen LogP contribution >= 0.6 is 23.2 Å². The summed E-state index contributed by atoms with van der Waals surface area (Å²) in [6.45, 7) is 3.64. The number of esters is 1. The lowest BCUT2D eigenvalue weighted by Gasteiger charge is -2.13. The Kier molecular flexibility index (Phi) is 6.54. The van der Waals surface area contributed by atoms with Gasteiger partial charge in [-0.05, 0) is 44.2 Å². The molecule has 1 N–H and O–H groups in total. The lowest BCUT2D eigenvalue weighted by molar-refractivity contribution is 0.0518. The van der Waals surface area contributed by atoms with Crippen molar-refractivity contribution >= 4 is 40.8 Å². The zero-order chi connectivity index (χ0) is 21.8. The number of carbonyl (C=O) groups is 2. The molecule has 3 aromatic rings. The smallest absolute Gasteiger partial charge is 0.360 e. The minimum absolute atomic E-state index is 0.0849. The van der Waals surface area contributed by atoms with Gasteiger partial charge in [-0.1, -0.05) is 40.9 Å². The molecule has 0 aliphatic rings. The first-order valence-corrected chi connectivity index (χ1v) is 9.70. The third kappa shape index (κ3) is 4.69. The van der Waals surface area contributed by atoms with Crippen LogP contribution in [-0.4, -0.2) is 28.3 Å². The highest BCUT2D eigenvalue weighted by Crippen LogP contribution is 2.22. The van der Waals surface area contributed by atoms with Crippen molar-refractivity contribution in [1.29, 1.82) is 0 Å². The third-order valence-electron chi connectivity index (χ3n) is 4.10. The normalized spacial score (nSPS) is 10.5. The maximum absolute atomic E-state index is 12.7. The van der Waals surface area contributed by atoms with Gasteiger partial charge in [0.1, 0.15) is 0 Å². The first-order chi connectivity index (χ1) is 14.3. The molecule has 1 heterocycles. The predicted molar refractivity (Wildman–Crippen MR) is 115 cm³/mol. The number of nitrogens with one attached hydrogen (secondary N) is 1. The van der Waals surface area contributed by atoms with E-state index in [0.29, 0.717) is 10.7 Å². The Morgan fingerprint density at radius 3 is 2.47 bits per heavy atom. The van der Waals surface area contributed by atoms with Crippen LogP contribution in [0.15, 0.2) is 53.3 Å². The van der Waals surface area contributed by atoms with E-state index in [1.807, 2.05) is 19.1 Å². The van der Waals surface area contributed by atoms with Gasteiger partial charge in [0.2, 0.25) is 0 Å². The van der Waals surface area contributed by atoms with E-state index in [9.17, 15) is 14.4 Å². The van der Waals surface area contributed by atoms with Gasteiger partial charge in [-0.25, -0.2) is 4.79 Å². The van der Waals surface area contributed by atoms with Gasteiger partial charge in [-0.2, -0.15) is 9.78 Å². The number of rotatable bonds is 5. The maximum Gasteiger partial charge on any atom is 0.360 e. The van der Waals surface area contributed by atoms with Gasteiger partial charge in [0, 0.05) is 11.1 Å². The van der Waals surface area contributed by atoms with Gasteiger partial charge in [0.05, 0.1) is 28.6 Å². The fourth-order valence-electron chi connectivity index (χ4n) is 2.63. The van der Waals surface area contributed by atoms with Gasteiger partial charge in [-0.3, -0.25) is 9.59 Å². The van der Waals surface area contributed by atoms with E-state index in [2.05, 4.69) is 10.4 Å². The van der Waals surface area contributed by atoms with Crippen LogP contribution in [0.2, 0.25) is 10.0 Å². The van der Waals surface area contributed by atoms with Gasteiger partial charge < -0.3 is 10.1 Å². The molecule has 7 nitrogen and oxygen atoms in total. The Morgan fingerprint density at radius 1 is 1.10 bits per heavy atom. The highest BCUT2D eigenvalue weighted by molar-refractivity contribution is 6.36. The van der Waals surface area contributed by atoms with Gasteiger partial charge in [-0.15, -0.1) is 0 Å². The molecule has 0 fully saturated rings. The van der Waals surface area contributed by atoms with Crippen LogP contribution < -0.4 is 10.9 Å². The van der Waals surface area contributed by atoms with Crippen LogP contribution in [0.25, 0.3) is 5.69 Å². The third-order valence-corrected chi connectivity index (χ3v) is 4.66. The molecule has 0 saturated heterocycles. The van der Waals surface area contributed by atoms with Crippen LogP contribution in [0.5, 0.6) is 0 Å². The van der Waals surface area contributed by atoms with Crippen molar-refractivity contribution in [2.75, 3.05) is 11.9 Å². The van der Waals surface area contributed by atoms with Gasteiger partial charge in [0.15, 0.2) is 5.69 Å². The van der Waals surface area contributed by atoms with Gasteiger partial charge >= 0.3 is 5.97 Å². The van der Waals surface area contributed by atoms with Crippen LogP contribution in [0, 0.1) is 6.92 Å². The topological polar surface area (TPSA) is 90.3 Å². The molecular weight excluding hydrogens is 429 g/mol. The largest absolute Gasteiger partial charge is 0.461 e. The molecule has 30 heavy (non-hydrogen) atoms. The number of hydrogen-bond donors (Lipinski definition) is 1. The molecule has 154 valence electrons. The molecule has 9 heteroatoms. The summed E-state index contributed by atoms with van der Waals surface area (Å²) in [6, 6.07) is 12.5. The molecule has 2 aromatic carbocycles. The molecular formula is C21H17Cl2N3O4. The lowest BCUT2D eigenvalue weighted by atomic mass is 10.2. The van der Waals surface area contributed by atoms with Gasteiger partial charge in [0.25, 0.3) is 11.5 Å². The summed E-state index contributed by atoms with van der Waals surface area (Å²) < 4.78 is 6.10. The number of hydrogen-bond acceptors (Lipinski definition) is 5. The molecule has 0 atom stereocenters. The van der Waals surface area contributed by atoms with Crippen LogP contribution in [0.3, 0.4) is 0 Å². The Hall–Kier alpha value is -3.16. The zero-order valence-corrected chi connectivity index (χ0v) is 17.6. The van der Waals surface area contributed by atoms with E-state index in [4.69, 9.17) is 27.9 Å². The predicted octanol–water partition coefficient (Wildman–Crippen LogP) is 4.28. The van der Waals surface area contributed by atoms with E-state index in [1.54, 1.807) is 19.1 Å². The monoisotopic (exact) mass is 445 g/mol.